The minimum Gasteiger partial charge on any atom is -0.449 e. The van der Waals surface area contributed by atoms with Gasteiger partial charge in [0.25, 0.3) is 5.91 Å². The van der Waals surface area contributed by atoms with Crippen LogP contribution in [0.4, 0.5) is 21.2 Å². The highest BCUT2D eigenvalue weighted by molar-refractivity contribution is 6.14. The lowest BCUT2D eigenvalue weighted by molar-refractivity contribution is -0.115. The number of imide groups is 1. The molecule has 0 aromatic carbocycles. The average Bonchev–Trinajstić information content (AvgIpc) is 3.29. The maximum absolute atomic E-state index is 12.1. The molecule has 1 saturated carbocycles. The fourth-order valence-electron chi connectivity index (χ4n) is 2.71. The largest absolute Gasteiger partial charge is 0.449 e. The van der Waals surface area contributed by atoms with E-state index < -0.39 is 18.0 Å². The molecule has 2 fully saturated rings. The van der Waals surface area contributed by atoms with Crippen LogP contribution in [0.2, 0.25) is 0 Å². The number of rotatable bonds is 6. The molecule has 1 aliphatic carbocycles. The Balaban J connectivity index is 1.67. The minimum atomic E-state index is -0.602. The van der Waals surface area contributed by atoms with Crippen LogP contribution in [-0.2, 0) is 9.53 Å². The highest BCUT2D eigenvalue weighted by Crippen LogP contribution is 2.27. The van der Waals surface area contributed by atoms with Gasteiger partial charge in [-0.05, 0) is 24.8 Å². The molecular weight excluding hydrogens is 378 g/mol. The Morgan fingerprint density at radius 1 is 1.38 bits per heavy atom. The van der Waals surface area contributed by atoms with Crippen molar-refractivity contribution >= 4 is 41.4 Å². The molecule has 11 heteroatoms. The highest BCUT2D eigenvalue weighted by Gasteiger charge is 2.25. The molecule has 0 unspecified atom stereocenters. The van der Waals surface area contributed by atoms with Crippen molar-refractivity contribution in [3.63, 3.8) is 0 Å². The summed E-state index contributed by atoms with van der Waals surface area (Å²) in [6.45, 7) is 4.18. The standard InChI is InChI=1S/C18H21N7O4/c1-9(2)8-29-18(28)23-13-6-14(20-11-3-4-11)25-15(22-13)10(7-19-25)5-12-16(26)24-17(27)21-12/h5-7,9,11,20H,3-4,8H2,1-2H3,(H,22,23,28)(H2,21,24,26,27)/b12-5-. The van der Waals surface area contributed by atoms with Crippen LogP contribution in [0.5, 0.6) is 0 Å². The van der Waals surface area contributed by atoms with Crippen LogP contribution in [-0.4, -0.2) is 45.3 Å². The molecule has 29 heavy (non-hydrogen) atoms. The molecule has 0 atom stereocenters. The third kappa shape index (κ3) is 4.28. The van der Waals surface area contributed by atoms with Gasteiger partial charge in [-0.3, -0.25) is 15.4 Å². The van der Waals surface area contributed by atoms with E-state index in [-0.39, 0.29) is 17.4 Å². The van der Waals surface area contributed by atoms with Crippen LogP contribution in [0.25, 0.3) is 11.7 Å². The third-order valence-corrected chi connectivity index (χ3v) is 4.23. The normalized spacial score (nSPS) is 17.6. The van der Waals surface area contributed by atoms with Crippen molar-refractivity contribution in [1.82, 2.24) is 25.2 Å². The summed E-state index contributed by atoms with van der Waals surface area (Å²) in [4.78, 5) is 39.6. The number of nitrogens with one attached hydrogen (secondary N) is 4. The second-order valence-corrected chi connectivity index (χ2v) is 7.36. The van der Waals surface area contributed by atoms with Gasteiger partial charge in [0.1, 0.15) is 17.3 Å². The first-order valence-electron chi connectivity index (χ1n) is 9.32. The van der Waals surface area contributed by atoms with Gasteiger partial charge in [0.2, 0.25) is 0 Å². The van der Waals surface area contributed by atoms with Crippen LogP contribution in [0, 0.1) is 5.92 Å². The molecule has 4 N–H and O–H groups in total. The lowest BCUT2D eigenvalue weighted by Crippen LogP contribution is -2.22. The quantitative estimate of drug-likeness (QED) is 0.428. The second kappa shape index (κ2) is 7.41. The Kier molecular flexibility index (Phi) is 4.79. The van der Waals surface area contributed by atoms with Crippen molar-refractivity contribution in [3.8, 4) is 0 Å². The Morgan fingerprint density at radius 2 is 2.17 bits per heavy atom. The summed E-state index contributed by atoms with van der Waals surface area (Å²) in [7, 11) is 0. The van der Waals surface area contributed by atoms with Crippen molar-refractivity contribution in [1.29, 1.82) is 0 Å². The van der Waals surface area contributed by atoms with E-state index in [1.165, 1.54) is 12.3 Å². The Morgan fingerprint density at radius 3 is 2.83 bits per heavy atom. The number of amides is 4. The summed E-state index contributed by atoms with van der Waals surface area (Å²) in [6.07, 6.45) is 4.51. The minimum absolute atomic E-state index is 0.0955. The topological polar surface area (TPSA) is 139 Å². The van der Waals surface area contributed by atoms with E-state index in [9.17, 15) is 14.4 Å². The maximum atomic E-state index is 12.1. The molecule has 2 aromatic rings. The van der Waals surface area contributed by atoms with Crippen molar-refractivity contribution in [2.45, 2.75) is 32.7 Å². The van der Waals surface area contributed by atoms with Gasteiger partial charge in [-0.1, -0.05) is 13.8 Å². The second-order valence-electron chi connectivity index (χ2n) is 7.36. The fourth-order valence-corrected chi connectivity index (χ4v) is 2.71. The number of ether oxygens (including phenoxy) is 1. The highest BCUT2D eigenvalue weighted by atomic mass is 16.5. The number of hydrogen-bond acceptors (Lipinski definition) is 7. The molecule has 152 valence electrons. The molecule has 4 amide bonds. The Labute approximate surface area is 165 Å². The number of urea groups is 1. The first-order chi connectivity index (χ1) is 13.9. The lowest BCUT2D eigenvalue weighted by atomic mass is 10.2. The summed E-state index contributed by atoms with van der Waals surface area (Å²) >= 11 is 0. The zero-order chi connectivity index (χ0) is 20.5. The predicted octanol–water partition coefficient (Wildman–Crippen LogP) is 1.69. The smallest absolute Gasteiger partial charge is 0.412 e. The van der Waals surface area contributed by atoms with E-state index in [1.807, 2.05) is 13.8 Å². The van der Waals surface area contributed by atoms with Crippen LogP contribution in [0.1, 0.15) is 32.3 Å². The van der Waals surface area contributed by atoms with E-state index in [4.69, 9.17) is 4.74 Å². The molecule has 3 heterocycles. The van der Waals surface area contributed by atoms with E-state index in [1.54, 1.807) is 10.6 Å². The summed E-state index contributed by atoms with van der Waals surface area (Å²) in [5, 5.41) is 14.9. The molecule has 2 aliphatic rings. The van der Waals surface area contributed by atoms with E-state index in [0.717, 1.165) is 12.8 Å². The van der Waals surface area contributed by atoms with Crippen molar-refractivity contribution in [2.75, 3.05) is 17.2 Å². The first-order valence-corrected chi connectivity index (χ1v) is 9.32. The van der Waals surface area contributed by atoms with Crippen LogP contribution in [0.15, 0.2) is 18.0 Å². The monoisotopic (exact) mass is 399 g/mol. The maximum Gasteiger partial charge on any atom is 0.412 e. The van der Waals surface area contributed by atoms with Crippen LogP contribution >= 0.6 is 0 Å². The zero-order valence-corrected chi connectivity index (χ0v) is 16.0. The Bertz CT molecular complexity index is 1020. The lowest BCUT2D eigenvalue weighted by Gasteiger charge is -2.12. The number of aromatic nitrogens is 3. The number of fused-ring (bicyclic) bond motifs is 1. The SMILES string of the molecule is CC(C)COC(=O)Nc1cc(NC2CC2)n2ncc(/C=C3\NC(=O)NC3=O)c2n1. The molecule has 4 rings (SSSR count). The Hall–Kier alpha value is -3.63. The first kappa shape index (κ1) is 18.7. The zero-order valence-electron chi connectivity index (χ0n) is 16.0. The molecule has 0 radical (unpaired) electrons. The number of carbonyl (C=O) groups is 3. The van der Waals surface area contributed by atoms with Crippen molar-refractivity contribution in [2.24, 2.45) is 5.92 Å². The van der Waals surface area contributed by atoms with Crippen molar-refractivity contribution in [3.05, 3.63) is 23.5 Å². The van der Waals surface area contributed by atoms with Gasteiger partial charge in [0, 0.05) is 17.7 Å². The number of nitrogens with zero attached hydrogens (tertiary/aromatic N) is 3. The average molecular weight is 399 g/mol. The molecule has 11 nitrogen and oxygen atoms in total. The number of anilines is 2. The molecule has 1 aliphatic heterocycles. The van der Waals surface area contributed by atoms with Gasteiger partial charge >= 0.3 is 12.1 Å². The van der Waals surface area contributed by atoms with Crippen LogP contribution in [0.3, 0.4) is 0 Å². The van der Waals surface area contributed by atoms with E-state index in [0.29, 0.717) is 29.7 Å². The van der Waals surface area contributed by atoms with Gasteiger partial charge < -0.3 is 15.4 Å². The number of carbonyl (C=O) groups excluding carboxylic acids is 3. The van der Waals surface area contributed by atoms with Gasteiger partial charge in [-0.25, -0.2) is 14.6 Å². The number of hydrogen-bond donors (Lipinski definition) is 4. The predicted molar refractivity (Wildman–Crippen MR) is 104 cm³/mol. The molecule has 1 saturated heterocycles. The summed E-state index contributed by atoms with van der Waals surface area (Å²) in [5.41, 5.74) is 1.02. The molecule has 0 bridgehead atoms. The van der Waals surface area contributed by atoms with Crippen molar-refractivity contribution < 1.29 is 19.1 Å². The van der Waals surface area contributed by atoms with Gasteiger partial charge in [0.05, 0.1) is 12.8 Å². The third-order valence-electron chi connectivity index (χ3n) is 4.23. The summed E-state index contributed by atoms with van der Waals surface area (Å²) < 4.78 is 6.74. The van der Waals surface area contributed by atoms with Gasteiger partial charge in [-0.2, -0.15) is 9.61 Å². The van der Waals surface area contributed by atoms with Gasteiger partial charge in [0.15, 0.2) is 5.65 Å². The summed E-state index contributed by atoms with van der Waals surface area (Å²) in [6, 6.07) is 1.43. The molecule has 0 spiro atoms. The molecular formula is C18H21N7O4. The van der Waals surface area contributed by atoms with Gasteiger partial charge in [-0.15, -0.1) is 0 Å². The van der Waals surface area contributed by atoms with E-state index >= 15 is 0 Å². The van der Waals surface area contributed by atoms with E-state index in [2.05, 4.69) is 31.3 Å². The summed E-state index contributed by atoms with van der Waals surface area (Å²) in [5.74, 6) is 0.622. The molecule has 2 aromatic heterocycles. The fraction of sp³-hybridized carbons (Fsp3) is 0.389. The van der Waals surface area contributed by atoms with Crippen LogP contribution < -0.4 is 21.3 Å².